The van der Waals surface area contributed by atoms with Gasteiger partial charge < -0.3 is 5.32 Å². The molecule has 0 fully saturated rings. The van der Waals surface area contributed by atoms with Gasteiger partial charge in [0.1, 0.15) is 11.6 Å². The fraction of sp³-hybridized carbons (Fsp3) is 0.538. The summed E-state index contributed by atoms with van der Waals surface area (Å²) in [5.74, 6) is -0.514. The van der Waals surface area contributed by atoms with Gasteiger partial charge in [-0.15, -0.1) is 0 Å². The lowest BCUT2D eigenvalue weighted by Gasteiger charge is -2.20. The summed E-state index contributed by atoms with van der Waals surface area (Å²) in [6.45, 7) is 5.73. The standard InChI is InChI=1S/C13H19F2N/c1-8(2)7-11(16-4)12-10(14)6-5-9(3)13(12)15/h5-6,8,11,16H,7H2,1-4H3. The lowest BCUT2D eigenvalue weighted by Crippen LogP contribution is -2.21. The molecule has 0 saturated carbocycles. The minimum atomic E-state index is -0.469. The van der Waals surface area contributed by atoms with Gasteiger partial charge in [-0.25, -0.2) is 8.78 Å². The quantitative estimate of drug-likeness (QED) is 0.829. The van der Waals surface area contributed by atoms with E-state index in [0.29, 0.717) is 17.9 Å². The summed E-state index contributed by atoms with van der Waals surface area (Å²) in [5, 5.41) is 2.98. The van der Waals surface area contributed by atoms with Gasteiger partial charge in [-0.05, 0) is 37.9 Å². The van der Waals surface area contributed by atoms with Crippen LogP contribution in [0.4, 0.5) is 8.78 Å². The summed E-state index contributed by atoms with van der Waals surface area (Å²) >= 11 is 0. The van der Waals surface area contributed by atoms with E-state index in [2.05, 4.69) is 5.32 Å². The van der Waals surface area contributed by atoms with Crippen molar-refractivity contribution < 1.29 is 8.78 Å². The van der Waals surface area contributed by atoms with Gasteiger partial charge in [0, 0.05) is 11.6 Å². The molecule has 1 unspecified atom stereocenters. The summed E-state index contributed by atoms with van der Waals surface area (Å²) in [7, 11) is 1.73. The molecule has 1 N–H and O–H groups in total. The third-order valence-electron chi connectivity index (χ3n) is 2.72. The van der Waals surface area contributed by atoms with Crippen molar-refractivity contribution in [1.82, 2.24) is 5.32 Å². The Morgan fingerprint density at radius 3 is 2.38 bits per heavy atom. The molecule has 1 nitrogen and oxygen atoms in total. The number of hydrogen-bond acceptors (Lipinski definition) is 1. The largest absolute Gasteiger partial charge is 0.313 e. The average molecular weight is 227 g/mol. The predicted octanol–water partition coefficient (Wildman–Crippen LogP) is 3.58. The average Bonchev–Trinajstić information content (AvgIpc) is 2.22. The van der Waals surface area contributed by atoms with Gasteiger partial charge in [0.05, 0.1) is 0 Å². The molecule has 3 heteroatoms. The zero-order valence-electron chi connectivity index (χ0n) is 10.3. The molecule has 0 amide bonds. The zero-order chi connectivity index (χ0) is 12.3. The van der Waals surface area contributed by atoms with Crippen molar-refractivity contribution in [2.45, 2.75) is 33.2 Å². The Balaban J connectivity index is 3.13. The normalized spacial score (nSPS) is 13.2. The summed E-state index contributed by atoms with van der Waals surface area (Å²) in [6, 6.07) is 2.54. The fourth-order valence-electron chi connectivity index (χ4n) is 1.85. The highest BCUT2D eigenvalue weighted by atomic mass is 19.1. The SMILES string of the molecule is CNC(CC(C)C)c1c(F)ccc(C)c1F. The maximum atomic E-state index is 13.9. The van der Waals surface area contributed by atoms with Gasteiger partial charge >= 0.3 is 0 Å². The van der Waals surface area contributed by atoms with E-state index < -0.39 is 11.6 Å². The molecule has 0 aliphatic rings. The van der Waals surface area contributed by atoms with E-state index in [-0.39, 0.29) is 11.6 Å². The van der Waals surface area contributed by atoms with Crippen LogP contribution in [0.2, 0.25) is 0 Å². The monoisotopic (exact) mass is 227 g/mol. The van der Waals surface area contributed by atoms with Crippen molar-refractivity contribution in [2.24, 2.45) is 5.92 Å². The number of nitrogens with one attached hydrogen (secondary N) is 1. The third-order valence-corrected chi connectivity index (χ3v) is 2.72. The van der Waals surface area contributed by atoms with Crippen molar-refractivity contribution in [3.63, 3.8) is 0 Å². The van der Waals surface area contributed by atoms with Crippen LogP contribution in [0.3, 0.4) is 0 Å². The molecular formula is C13H19F2N. The Morgan fingerprint density at radius 2 is 1.88 bits per heavy atom. The van der Waals surface area contributed by atoms with Crippen LogP contribution >= 0.6 is 0 Å². The second-order valence-electron chi connectivity index (χ2n) is 4.56. The number of hydrogen-bond donors (Lipinski definition) is 1. The van der Waals surface area contributed by atoms with Gasteiger partial charge in [-0.2, -0.15) is 0 Å². The Bertz CT molecular complexity index is 361. The first-order valence-electron chi connectivity index (χ1n) is 5.59. The zero-order valence-corrected chi connectivity index (χ0v) is 10.3. The van der Waals surface area contributed by atoms with E-state index in [4.69, 9.17) is 0 Å². The minimum absolute atomic E-state index is 0.163. The van der Waals surface area contributed by atoms with Crippen LogP contribution in [0.25, 0.3) is 0 Å². The first kappa shape index (κ1) is 13.1. The third kappa shape index (κ3) is 2.79. The molecule has 1 rings (SSSR count). The van der Waals surface area contributed by atoms with E-state index in [1.165, 1.54) is 12.1 Å². The molecule has 1 atom stereocenters. The van der Waals surface area contributed by atoms with Crippen LogP contribution in [0, 0.1) is 24.5 Å². The summed E-state index contributed by atoms with van der Waals surface area (Å²) in [5.41, 5.74) is 0.650. The van der Waals surface area contributed by atoms with E-state index in [1.807, 2.05) is 13.8 Å². The van der Waals surface area contributed by atoms with Crippen LogP contribution in [0.15, 0.2) is 12.1 Å². The van der Waals surface area contributed by atoms with Gasteiger partial charge in [0.25, 0.3) is 0 Å². The van der Waals surface area contributed by atoms with Crippen LogP contribution in [-0.2, 0) is 0 Å². The molecule has 0 radical (unpaired) electrons. The second kappa shape index (κ2) is 5.39. The topological polar surface area (TPSA) is 12.0 Å². The molecule has 0 heterocycles. The van der Waals surface area contributed by atoms with E-state index in [0.717, 1.165) is 0 Å². The van der Waals surface area contributed by atoms with Gasteiger partial charge in [-0.3, -0.25) is 0 Å². The summed E-state index contributed by atoms with van der Waals surface area (Å²) in [6.07, 6.45) is 0.716. The van der Waals surface area contributed by atoms with Crippen LogP contribution < -0.4 is 5.32 Å². The van der Waals surface area contributed by atoms with Gasteiger partial charge in [0.2, 0.25) is 0 Å². The molecule has 0 aliphatic heterocycles. The van der Waals surface area contributed by atoms with Gasteiger partial charge in [0.15, 0.2) is 0 Å². The smallest absolute Gasteiger partial charge is 0.133 e. The summed E-state index contributed by atoms with van der Waals surface area (Å²) < 4.78 is 27.5. The van der Waals surface area contributed by atoms with Crippen molar-refractivity contribution in [3.8, 4) is 0 Å². The van der Waals surface area contributed by atoms with Crippen LogP contribution in [0.1, 0.15) is 37.4 Å². The van der Waals surface area contributed by atoms with Crippen molar-refractivity contribution >= 4 is 0 Å². The molecule has 0 aliphatic carbocycles. The molecular weight excluding hydrogens is 208 g/mol. The number of aryl methyl sites for hydroxylation is 1. The van der Waals surface area contributed by atoms with Gasteiger partial charge in [-0.1, -0.05) is 19.9 Å². The van der Waals surface area contributed by atoms with Crippen molar-refractivity contribution in [3.05, 3.63) is 34.9 Å². The predicted molar refractivity (Wildman–Crippen MR) is 62.4 cm³/mol. The lowest BCUT2D eigenvalue weighted by molar-refractivity contribution is 0.419. The van der Waals surface area contributed by atoms with Crippen molar-refractivity contribution in [2.75, 3.05) is 7.05 Å². The molecule has 0 aromatic heterocycles. The molecule has 1 aromatic rings. The molecule has 16 heavy (non-hydrogen) atoms. The Labute approximate surface area is 95.9 Å². The Kier molecular flexibility index (Phi) is 4.42. The minimum Gasteiger partial charge on any atom is -0.313 e. The first-order chi connectivity index (χ1) is 7.47. The Morgan fingerprint density at radius 1 is 1.25 bits per heavy atom. The molecule has 0 saturated heterocycles. The molecule has 0 bridgehead atoms. The van der Waals surface area contributed by atoms with E-state index in [1.54, 1.807) is 14.0 Å². The highest BCUT2D eigenvalue weighted by molar-refractivity contribution is 5.29. The van der Waals surface area contributed by atoms with Crippen LogP contribution in [0.5, 0.6) is 0 Å². The maximum Gasteiger partial charge on any atom is 0.133 e. The fourth-order valence-corrected chi connectivity index (χ4v) is 1.85. The number of halogens is 2. The summed E-state index contributed by atoms with van der Waals surface area (Å²) in [4.78, 5) is 0. The Hall–Kier alpha value is -0.960. The van der Waals surface area contributed by atoms with Crippen molar-refractivity contribution in [1.29, 1.82) is 0 Å². The molecule has 90 valence electrons. The molecule has 1 aromatic carbocycles. The highest BCUT2D eigenvalue weighted by Gasteiger charge is 2.20. The second-order valence-corrected chi connectivity index (χ2v) is 4.56. The maximum absolute atomic E-state index is 13.9. The molecule has 0 spiro atoms. The lowest BCUT2D eigenvalue weighted by atomic mass is 9.95. The number of rotatable bonds is 4. The highest BCUT2D eigenvalue weighted by Crippen LogP contribution is 2.27. The number of benzene rings is 1. The van der Waals surface area contributed by atoms with E-state index in [9.17, 15) is 8.78 Å². The van der Waals surface area contributed by atoms with E-state index >= 15 is 0 Å². The van der Waals surface area contributed by atoms with Crippen LogP contribution in [-0.4, -0.2) is 7.05 Å². The first-order valence-corrected chi connectivity index (χ1v) is 5.59.